The molecule has 6 aromatic rings. The zero-order valence-electron chi connectivity index (χ0n) is 26.2. The average Bonchev–Trinajstić information content (AvgIpc) is 3.75. The number of aryl methyl sites for hydroxylation is 2. The molecule has 232 valence electrons. The van der Waals surface area contributed by atoms with E-state index < -0.39 is 5.97 Å². The number of Topliss-reactive ketones (excluding diaryl/α,β-unsaturated/α-hetero) is 1. The van der Waals surface area contributed by atoms with Gasteiger partial charge in [-0.25, -0.2) is 4.98 Å². The summed E-state index contributed by atoms with van der Waals surface area (Å²) in [6, 6.07) is 27.5. The number of hydrogen-bond donors (Lipinski definition) is 0. The van der Waals surface area contributed by atoms with Crippen LogP contribution in [0.1, 0.15) is 52.5 Å². The van der Waals surface area contributed by atoms with Gasteiger partial charge in [0.2, 0.25) is 0 Å². The van der Waals surface area contributed by atoms with Crippen molar-refractivity contribution in [2.45, 2.75) is 51.1 Å². The standard InChI is InChI=1S/C37H34N4O3S2/c1-23(2)41-36(30-20-32(34-11-8-16-45-34)38-31-18-25(4)24(3)17-29(30)31)39-40-37(41)46-22-27-14-12-26(13-15-27)19-35(43)44-21-33(42)28-9-6-5-7-10-28/h5-18,20,23H,19,21-22H2,1-4H3. The predicted molar refractivity (Wildman–Crippen MR) is 185 cm³/mol. The number of ether oxygens (including phenoxy) is 1. The zero-order valence-corrected chi connectivity index (χ0v) is 27.8. The minimum absolute atomic E-state index is 0.104. The third-order valence-corrected chi connectivity index (χ3v) is 9.73. The van der Waals surface area contributed by atoms with E-state index in [-0.39, 0.29) is 24.9 Å². The van der Waals surface area contributed by atoms with Crippen LogP contribution in [0, 0.1) is 13.8 Å². The van der Waals surface area contributed by atoms with Crippen molar-refractivity contribution >= 4 is 45.8 Å². The second-order valence-electron chi connectivity index (χ2n) is 11.5. The highest BCUT2D eigenvalue weighted by molar-refractivity contribution is 7.98. The summed E-state index contributed by atoms with van der Waals surface area (Å²) in [4.78, 5) is 30.7. The molecular formula is C37H34N4O3S2. The highest BCUT2D eigenvalue weighted by Crippen LogP contribution is 2.37. The van der Waals surface area contributed by atoms with Gasteiger partial charge in [-0.05, 0) is 79.6 Å². The van der Waals surface area contributed by atoms with Crippen LogP contribution >= 0.6 is 23.1 Å². The smallest absolute Gasteiger partial charge is 0.310 e. The van der Waals surface area contributed by atoms with Crippen LogP contribution in [0.5, 0.6) is 0 Å². The van der Waals surface area contributed by atoms with Gasteiger partial charge in [0.05, 0.1) is 22.5 Å². The van der Waals surface area contributed by atoms with Gasteiger partial charge < -0.3 is 4.74 Å². The van der Waals surface area contributed by atoms with Crippen molar-refractivity contribution in [3.05, 3.63) is 118 Å². The number of benzene rings is 3. The number of hydrogen-bond acceptors (Lipinski definition) is 8. The average molecular weight is 647 g/mol. The third-order valence-electron chi connectivity index (χ3n) is 7.82. The van der Waals surface area contributed by atoms with Crippen LogP contribution in [0.15, 0.2) is 95.5 Å². The maximum Gasteiger partial charge on any atom is 0.310 e. The van der Waals surface area contributed by atoms with E-state index in [2.05, 4.69) is 67.0 Å². The molecule has 0 bridgehead atoms. The van der Waals surface area contributed by atoms with Crippen molar-refractivity contribution in [2.24, 2.45) is 0 Å². The fraction of sp³-hybridized carbons (Fsp3) is 0.216. The van der Waals surface area contributed by atoms with Crippen molar-refractivity contribution in [2.75, 3.05) is 6.61 Å². The zero-order chi connectivity index (χ0) is 32.2. The molecule has 6 rings (SSSR count). The Hall–Kier alpha value is -4.60. The lowest BCUT2D eigenvalue weighted by atomic mass is 10.0. The summed E-state index contributed by atoms with van der Waals surface area (Å²) in [5, 5.41) is 13.4. The molecule has 0 radical (unpaired) electrons. The number of thiophene rings is 1. The van der Waals surface area contributed by atoms with Gasteiger partial charge in [0, 0.05) is 28.3 Å². The molecule has 0 N–H and O–H groups in total. The summed E-state index contributed by atoms with van der Waals surface area (Å²) >= 11 is 3.31. The largest absolute Gasteiger partial charge is 0.457 e. The van der Waals surface area contributed by atoms with Crippen molar-refractivity contribution < 1.29 is 14.3 Å². The number of esters is 1. The molecule has 3 aromatic heterocycles. The number of ketones is 1. The molecule has 0 amide bonds. The SMILES string of the molecule is Cc1cc2nc(-c3cccs3)cc(-c3nnc(SCc4ccc(CC(=O)OCC(=O)c5ccccc5)cc4)n3C(C)C)c2cc1C. The molecule has 46 heavy (non-hydrogen) atoms. The molecule has 7 nitrogen and oxygen atoms in total. The first-order valence-electron chi connectivity index (χ1n) is 15.1. The van der Waals surface area contributed by atoms with Crippen LogP contribution in [0.4, 0.5) is 0 Å². The molecule has 0 unspecified atom stereocenters. The Morgan fingerprint density at radius 3 is 2.35 bits per heavy atom. The summed E-state index contributed by atoms with van der Waals surface area (Å²) in [5.41, 5.74) is 7.77. The monoisotopic (exact) mass is 646 g/mol. The maximum absolute atomic E-state index is 12.4. The van der Waals surface area contributed by atoms with Crippen LogP contribution in [0.3, 0.4) is 0 Å². The number of aromatic nitrogens is 4. The lowest BCUT2D eigenvalue weighted by Gasteiger charge is -2.16. The predicted octanol–water partition coefficient (Wildman–Crippen LogP) is 8.68. The normalized spacial score (nSPS) is 11.3. The molecule has 0 aliphatic heterocycles. The first-order valence-corrected chi connectivity index (χ1v) is 17.0. The van der Waals surface area contributed by atoms with Crippen LogP contribution in [0.2, 0.25) is 0 Å². The molecule has 0 atom stereocenters. The number of carbonyl (C=O) groups excluding carboxylic acids is 2. The number of thioether (sulfide) groups is 1. The minimum atomic E-state index is -0.430. The molecule has 3 heterocycles. The van der Waals surface area contributed by atoms with Crippen LogP contribution < -0.4 is 0 Å². The van der Waals surface area contributed by atoms with Gasteiger partial charge in [-0.1, -0.05) is 72.4 Å². The molecular weight excluding hydrogens is 613 g/mol. The molecule has 9 heteroatoms. The second kappa shape index (κ2) is 13.8. The Kier molecular flexibility index (Phi) is 9.42. The van der Waals surface area contributed by atoms with Gasteiger partial charge in [-0.2, -0.15) is 0 Å². The van der Waals surface area contributed by atoms with Crippen LogP contribution in [0.25, 0.3) is 32.9 Å². The lowest BCUT2D eigenvalue weighted by molar-refractivity contribution is -0.141. The van der Waals surface area contributed by atoms with Crippen LogP contribution in [-0.2, 0) is 21.7 Å². The van der Waals surface area contributed by atoms with Crippen molar-refractivity contribution in [3.63, 3.8) is 0 Å². The highest BCUT2D eigenvalue weighted by atomic mass is 32.2. The quantitative estimate of drug-likeness (QED) is 0.0791. The lowest BCUT2D eigenvalue weighted by Crippen LogP contribution is -2.15. The van der Waals surface area contributed by atoms with Gasteiger partial charge in [0.25, 0.3) is 0 Å². The van der Waals surface area contributed by atoms with E-state index in [0.29, 0.717) is 11.3 Å². The molecule has 0 saturated heterocycles. The van der Waals surface area contributed by atoms with Gasteiger partial charge in [-0.3, -0.25) is 14.2 Å². The van der Waals surface area contributed by atoms with Gasteiger partial charge in [-0.15, -0.1) is 21.5 Å². The van der Waals surface area contributed by atoms with E-state index >= 15 is 0 Å². The van der Waals surface area contributed by atoms with Gasteiger partial charge in [0.1, 0.15) is 0 Å². The number of carbonyl (C=O) groups is 2. The van der Waals surface area contributed by atoms with Gasteiger partial charge in [0.15, 0.2) is 23.4 Å². The Bertz CT molecular complexity index is 2000. The molecule has 0 aliphatic rings. The van der Waals surface area contributed by atoms with Crippen molar-refractivity contribution in [3.8, 4) is 22.0 Å². The first kappa shape index (κ1) is 31.4. The Morgan fingerprint density at radius 1 is 0.891 bits per heavy atom. The Labute approximate surface area is 276 Å². The molecule has 0 spiro atoms. The fourth-order valence-corrected chi connectivity index (χ4v) is 6.93. The van der Waals surface area contributed by atoms with E-state index in [1.807, 2.05) is 36.4 Å². The molecule has 0 saturated carbocycles. The summed E-state index contributed by atoms with van der Waals surface area (Å²) < 4.78 is 7.43. The molecule has 0 fully saturated rings. The fourth-order valence-electron chi connectivity index (χ4n) is 5.22. The number of fused-ring (bicyclic) bond motifs is 1. The minimum Gasteiger partial charge on any atom is -0.457 e. The Morgan fingerprint density at radius 2 is 1.63 bits per heavy atom. The summed E-state index contributed by atoms with van der Waals surface area (Å²) in [6.45, 7) is 8.28. The van der Waals surface area contributed by atoms with E-state index in [1.54, 1.807) is 47.4 Å². The van der Waals surface area contributed by atoms with E-state index in [4.69, 9.17) is 14.8 Å². The second-order valence-corrected chi connectivity index (χ2v) is 13.4. The van der Waals surface area contributed by atoms with Gasteiger partial charge >= 0.3 is 5.97 Å². The van der Waals surface area contributed by atoms with Crippen LogP contribution in [-0.4, -0.2) is 38.1 Å². The van der Waals surface area contributed by atoms with E-state index in [0.717, 1.165) is 49.1 Å². The molecule has 0 aliphatic carbocycles. The summed E-state index contributed by atoms with van der Waals surface area (Å²) in [5.74, 6) is 0.867. The van der Waals surface area contributed by atoms with E-state index in [9.17, 15) is 9.59 Å². The number of pyridine rings is 1. The van der Waals surface area contributed by atoms with E-state index in [1.165, 1.54) is 11.1 Å². The maximum atomic E-state index is 12.4. The topological polar surface area (TPSA) is 87.0 Å². The van der Waals surface area contributed by atoms with Crippen molar-refractivity contribution in [1.29, 1.82) is 0 Å². The number of rotatable bonds is 11. The molecule has 3 aromatic carbocycles. The summed E-state index contributed by atoms with van der Waals surface area (Å²) in [6.07, 6.45) is 0.104. The highest BCUT2D eigenvalue weighted by Gasteiger charge is 2.21. The summed E-state index contributed by atoms with van der Waals surface area (Å²) in [7, 11) is 0. The first-order chi connectivity index (χ1) is 22.3. The Balaban J connectivity index is 1.18. The number of nitrogens with zero attached hydrogens (tertiary/aromatic N) is 4. The third kappa shape index (κ3) is 6.95. The van der Waals surface area contributed by atoms with Crippen molar-refractivity contribution in [1.82, 2.24) is 19.7 Å².